The second-order valence-corrected chi connectivity index (χ2v) is 7.95. The molecule has 1 aromatic carbocycles. The van der Waals surface area contributed by atoms with E-state index in [-0.39, 0.29) is 12.0 Å². The van der Waals surface area contributed by atoms with Gasteiger partial charge in [-0.25, -0.2) is 18.1 Å². The standard InChI is InChI=1S/C18H28N2O3S/c1-3-5-9-15(18-20-16(4-2)14-23-18)12-13-19-24(21,22)17-10-7-6-8-11-17/h6-8,10-11,15-16,19H,3-5,9,12-14H2,1-2H3/t15-,16+/m0/s1. The number of rotatable bonds is 10. The Balaban J connectivity index is 1.93. The van der Waals surface area contributed by atoms with Crippen LogP contribution in [0, 0.1) is 5.92 Å². The van der Waals surface area contributed by atoms with Crippen molar-refractivity contribution in [2.45, 2.75) is 56.9 Å². The van der Waals surface area contributed by atoms with Crippen molar-refractivity contribution in [3.05, 3.63) is 30.3 Å². The Labute approximate surface area is 145 Å². The molecule has 0 spiro atoms. The largest absolute Gasteiger partial charge is 0.478 e. The fraction of sp³-hybridized carbons (Fsp3) is 0.611. The van der Waals surface area contributed by atoms with Crippen LogP contribution in [0.5, 0.6) is 0 Å². The molecule has 134 valence electrons. The van der Waals surface area contributed by atoms with Crippen molar-refractivity contribution in [1.82, 2.24) is 4.72 Å². The Kier molecular flexibility index (Phi) is 7.24. The van der Waals surface area contributed by atoms with Crippen LogP contribution in [0.25, 0.3) is 0 Å². The molecule has 0 radical (unpaired) electrons. The molecule has 0 fully saturated rings. The Bertz CT molecular complexity index is 629. The lowest BCUT2D eigenvalue weighted by atomic mass is 9.98. The van der Waals surface area contributed by atoms with Gasteiger partial charge in [0, 0.05) is 12.5 Å². The summed E-state index contributed by atoms with van der Waals surface area (Å²) >= 11 is 0. The fourth-order valence-corrected chi connectivity index (χ4v) is 3.83. The number of sulfonamides is 1. The molecule has 1 heterocycles. The third kappa shape index (κ3) is 5.31. The second-order valence-electron chi connectivity index (χ2n) is 6.18. The van der Waals surface area contributed by atoms with Gasteiger partial charge in [-0.3, -0.25) is 0 Å². The summed E-state index contributed by atoms with van der Waals surface area (Å²) in [5.41, 5.74) is 0. The monoisotopic (exact) mass is 352 g/mol. The van der Waals surface area contributed by atoms with E-state index in [4.69, 9.17) is 4.74 Å². The van der Waals surface area contributed by atoms with Gasteiger partial charge < -0.3 is 4.74 Å². The normalized spacial score (nSPS) is 18.9. The predicted molar refractivity (Wildman–Crippen MR) is 96.7 cm³/mol. The summed E-state index contributed by atoms with van der Waals surface area (Å²) < 4.78 is 33.0. The average Bonchev–Trinajstić information content (AvgIpc) is 3.07. The number of aliphatic imine (C=N–C) groups is 1. The van der Waals surface area contributed by atoms with Crippen molar-refractivity contribution in [3.63, 3.8) is 0 Å². The van der Waals surface area contributed by atoms with Gasteiger partial charge in [0.25, 0.3) is 0 Å². The van der Waals surface area contributed by atoms with E-state index >= 15 is 0 Å². The molecular weight excluding hydrogens is 324 g/mol. The number of nitrogens with zero attached hydrogens (tertiary/aromatic N) is 1. The van der Waals surface area contributed by atoms with Gasteiger partial charge in [-0.15, -0.1) is 0 Å². The molecule has 2 atom stereocenters. The van der Waals surface area contributed by atoms with E-state index in [1.54, 1.807) is 30.3 Å². The maximum atomic E-state index is 12.3. The van der Waals surface area contributed by atoms with Gasteiger partial charge in [0.15, 0.2) is 5.90 Å². The molecule has 1 N–H and O–H groups in total. The lowest BCUT2D eigenvalue weighted by molar-refractivity contribution is 0.288. The summed E-state index contributed by atoms with van der Waals surface area (Å²) in [5.74, 6) is 1.01. The molecular formula is C18H28N2O3S. The second kappa shape index (κ2) is 9.18. The summed E-state index contributed by atoms with van der Waals surface area (Å²) in [6, 6.07) is 8.72. The summed E-state index contributed by atoms with van der Waals surface area (Å²) in [6.07, 6.45) is 4.87. The van der Waals surface area contributed by atoms with Crippen molar-refractivity contribution in [1.29, 1.82) is 0 Å². The topological polar surface area (TPSA) is 67.8 Å². The van der Waals surface area contributed by atoms with Crippen molar-refractivity contribution >= 4 is 15.9 Å². The maximum absolute atomic E-state index is 12.3. The molecule has 0 aromatic heterocycles. The summed E-state index contributed by atoms with van der Waals surface area (Å²) in [4.78, 5) is 4.95. The SMILES string of the molecule is CCCC[C@@H](CCNS(=O)(=O)c1ccccc1)C1=N[C@H](CC)CO1. The van der Waals surface area contributed by atoms with E-state index in [0.717, 1.165) is 31.6 Å². The Morgan fingerprint density at radius 1 is 1.25 bits per heavy atom. The minimum absolute atomic E-state index is 0.194. The number of benzene rings is 1. The molecule has 24 heavy (non-hydrogen) atoms. The highest BCUT2D eigenvalue weighted by Gasteiger charge is 2.25. The van der Waals surface area contributed by atoms with Crippen LogP contribution >= 0.6 is 0 Å². The first-order valence-electron chi connectivity index (χ1n) is 8.82. The first-order valence-corrected chi connectivity index (χ1v) is 10.3. The molecule has 0 saturated carbocycles. The van der Waals surface area contributed by atoms with Gasteiger partial charge in [-0.05, 0) is 31.4 Å². The van der Waals surface area contributed by atoms with E-state index in [1.165, 1.54) is 0 Å². The lowest BCUT2D eigenvalue weighted by Gasteiger charge is -2.16. The zero-order valence-electron chi connectivity index (χ0n) is 14.6. The molecule has 1 aromatic rings. The Morgan fingerprint density at radius 3 is 2.62 bits per heavy atom. The van der Waals surface area contributed by atoms with E-state index in [0.29, 0.717) is 24.5 Å². The van der Waals surface area contributed by atoms with Crippen molar-refractivity contribution in [3.8, 4) is 0 Å². The third-order valence-corrected chi connectivity index (χ3v) is 5.78. The molecule has 1 aliphatic rings. The predicted octanol–water partition coefficient (Wildman–Crippen LogP) is 3.37. The summed E-state index contributed by atoms with van der Waals surface area (Å²) in [6.45, 7) is 5.31. The van der Waals surface area contributed by atoms with Crippen LogP contribution in [0.1, 0.15) is 46.0 Å². The quantitative estimate of drug-likeness (QED) is 0.702. The van der Waals surface area contributed by atoms with Gasteiger partial charge in [0.05, 0.1) is 10.9 Å². The van der Waals surface area contributed by atoms with Crippen molar-refractivity contribution in [2.75, 3.05) is 13.2 Å². The molecule has 6 heteroatoms. The van der Waals surface area contributed by atoms with Crippen LogP contribution in [0.4, 0.5) is 0 Å². The molecule has 0 amide bonds. The highest BCUT2D eigenvalue weighted by molar-refractivity contribution is 7.89. The zero-order chi connectivity index (χ0) is 17.4. The number of hydrogen-bond acceptors (Lipinski definition) is 4. The molecule has 0 unspecified atom stereocenters. The molecule has 2 rings (SSSR count). The van der Waals surface area contributed by atoms with Gasteiger partial charge in [-0.2, -0.15) is 0 Å². The van der Waals surface area contributed by atoms with Crippen LogP contribution in [0.3, 0.4) is 0 Å². The van der Waals surface area contributed by atoms with Gasteiger partial charge in [-0.1, -0.05) is 44.9 Å². The van der Waals surface area contributed by atoms with Crippen LogP contribution in [-0.2, 0) is 14.8 Å². The van der Waals surface area contributed by atoms with E-state index in [9.17, 15) is 8.42 Å². The van der Waals surface area contributed by atoms with Gasteiger partial charge in [0.1, 0.15) is 6.61 Å². The fourth-order valence-electron chi connectivity index (χ4n) is 2.76. The number of ether oxygens (including phenoxy) is 1. The zero-order valence-corrected chi connectivity index (χ0v) is 15.4. The highest BCUT2D eigenvalue weighted by atomic mass is 32.2. The van der Waals surface area contributed by atoms with Crippen molar-refractivity contribution in [2.24, 2.45) is 10.9 Å². The van der Waals surface area contributed by atoms with E-state index < -0.39 is 10.0 Å². The van der Waals surface area contributed by atoms with Crippen molar-refractivity contribution < 1.29 is 13.2 Å². The van der Waals surface area contributed by atoms with Gasteiger partial charge in [0.2, 0.25) is 10.0 Å². The molecule has 5 nitrogen and oxygen atoms in total. The number of nitrogens with one attached hydrogen (secondary N) is 1. The minimum Gasteiger partial charge on any atom is -0.478 e. The minimum atomic E-state index is -3.45. The van der Waals surface area contributed by atoms with E-state index in [1.807, 2.05) is 0 Å². The van der Waals surface area contributed by atoms with Crippen LogP contribution in [0.2, 0.25) is 0 Å². The molecule has 1 aliphatic heterocycles. The van der Waals surface area contributed by atoms with Crippen LogP contribution < -0.4 is 4.72 Å². The molecule has 0 bridgehead atoms. The van der Waals surface area contributed by atoms with Crippen LogP contribution in [0.15, 0.2) is 40.2 Å². The number of unbranched alkanes of at least 4 members (excludes halogenated alkanes) is 1. The summed E-state index contributed by atoms with van der Waals surface area (Å²) in [5, 5.41) is 0. The maximum Gasteiger partial charge on any atom is 0.240 e. The molecule has 0 aliphatic carbocycles. The average molecular weight is 353 g/mol. The van der Waals surface area contributed by atoms with Crippen LogP contribution in [-0.4, -0.2) is 33.5 Å². The third-order valence-electron chi connectivity index (χ3n) is 4.30. The lowest BCUT2D eigenvalue weighted by Crippen LogP contribution is -2.28. The summed E-state index contributed by atoms with van der Waals surface area (Å²) in [7, 11) is -3.45. The number of hydrogen-bond donors (Lipinski definition) is 1. The smallest absolute Gasteiger partial charge is 0.240 e. The highest BCUT2D eigenvalue weighted by Crippen LogP contribution is 2.21. The Hall–Kier alpha value is -1.40. The van der Waals surface area contributed by atoms with E-state index in [2.05, 4.69) is 23.6 Å². The van der Waals surface area contributed by atoms with Gasteiger partial charge >= 0.3 is 0 Å². The molecule has 0 saturated heterocycles. The Morgan fingerprint density at radius 2 is 2.00 bits per heavy atom. The first kappa shape index (κ1) is 18.9. The first-order chi connectivity index (χ1) is 11.6.